The molecule has 20 heavy (non-hydrogen) atoms. The minimum Gasteiger partial charge on any atom is -0.388 e. The van der Waals surface area contributed by atoms with Gasteiger partial charge in [-0.2, -0.15) is 24.7 Å². The quantitative estimate of drug-likeness (QED) is 0.861. The number of aliphatic hydroxyl groups is 1. The minimum atomic E-state index is -0.688. The molecule has 0 radical (unpaired) electrons. The van der Waals surface area contributed by atoms with Crippen LogP contribution >= 0.6 is 11.6 Å². The van der Waals surface area contributed by atoms with Gasteiger partial charge in [0.1, 0.15) is 12.7 Å². The average molecular weight is 296 g/mol. The Morgan fingerprint density at radius 1 is 1.30 bits per heavy atom. The third-order valence-corrected chi connectivity index (χ3v) is 3.50. The van der Waals surface area contributed by atoms with Crippen LogP contribution in [0.1, 0.15) is 25.7 Å². The maximum Gasteiger partial charge on any atom is 0.258 e. The summed E-state index contributed by atoms with van der Waals surface area (Å²) in [5.41, 5.74) is -0.688. The molecule has 8 nitrogen and oxygen atoms in total. The second-order valence-electron chi connectivity index (χ2n) is 4.85. The van der Waals surface area contributed by atoms with Crippen LogP contribution < -0.4 is 5.32 Å². The highest BCUT2D eigenvalue weighted by molar-refractivity contribution is 6.28. The van der Waals surface area contributed by atoms with Crippen LogP contribution in [-0.2, 0) is 0 Å². The highest BCUT2D eigenvalue weighted by Gasteiger charge is 2.31. The van der Waals surface area contributed by atoms with Crippen LogP contribution in [0, 0.1) is 0 Å². The largest absolute Gasteiger partial charge is 0.388 e. The molecule has 1 saturated carbocycles. The van der Waals surface area contributed by atoms with Gasteiger partial charge in [0.15, 0.2) is 0 Å². The first-order chi connectivity index (χ1) is 9.65. The molecular formula is C11H14ClN7O. The summed E-state index contributed by atoms with van der Waals surface area (Å²) in [6.45, 7) is 0.393. The Bertz CT molecular complexity index is 582. The lowest BCUT2D eigenvalue weighted by atomic mass is 10.0. The fourth-order valence-electron chi connectivity index (χ4n) is 2.29. The topological polar surface area (TPSA) is 102 Å². The predicted molar refractivity (Wildman–Crippen MR) is 71.7 cm³/mol. The Kier molecular flexibility index (Phi) is 3.49. The Morgan fingerprint density at radius 2 is 2.10 bits per heavy atom. The third-order valence-electron chi connectivity index (χ3n) is 3.33. The number of anilines is 1. The number of aromatic nitrogens is 6. The van der Waals surface area contributed by atoms with E-state index in [4.69, 9.17) is 11.6 Å². The van der Waals surface area contributed by atoms with Crippen molar-refractivity contribution in [2.45, 2.75) is 31.3 Å². The zero-order chi connectivity index (χ0) is 14.0. The molecule has 0 aliphatic heterocycles. The van der Waals surface area contributed by atoms with Crippen LogP contribution in [0.15, 0.2) is 12.7 Å². The summed E-state index contributed by atoms with van der Waals surface area (Å²) in [6.07, 6.45) is 6.51. The van der Waals surface area contributed by atoms with E-state index in [1.165, 1.54) is 17.3 Å². The van der Waals surface area contributed by atoms with Crippen molar-refractivity contribution in [1.82, 2.24) is 29.7 Å². The zero-order valence-electron chi connectivity index (χ0n) is 10.7. The van der Waals surface area contributed by atoms with Crippen LogP contribution in [0.25, 0.3) is 5.95 Å². The van der Waals surface area contributed by atoms with Crippen LogP contribution in [-0.4, -0.2) is 47.0 Å². The molecule has 0 spiro atoms. The predicted octanol–water partition coefficient (Wildman–Crippen LogP) is 0.823. The van der Waals surface area contributed by atoms with Gasteiger partial charge in [-0.05, 0) is 24.4 Å². The van der Waals surface area contributed by atoms with Crippen LogP contribution in [0.3, 0.4) is 0 Å². The van der Waals surface area contributed by atoms with Crippen molar-refractivity contribution in [3.8, 4) is 5.95 Å². The lowest BCUT2D eigenvalue weighted by Gasteiger charge is -2.22. The molecule has 0 aromatic carbocycles. The summed E-state index contributed by atoms with van der Waals surface area (Å²) in [5.74, 6) is 0.597. The van der Waals surface area contributed by atoms with E-state index in [9.17, 15) is 5.11 Å². The number of nitrogens with one attached hydrogen (secondary N) is 1. The van der Waals surface area contributed by atoms with Crippen molar-refractivity contribution in [3.63, 3.8) is 0 Å². The summed E-state index contributed by atoms with van der Waals surface area (Å²) in [5, 5.41) is 17.3. The highest BCUT2D eigenvalue weighted by atomic mass is 35.5. The van der Waals surface area contributed by atoms with Gasteiger partial charge in [0.2, 0.25) is 11.2 Å². The van der Waals surface area contributed by atoms with E-state index in [-0.39, 0.29) is 11.2 Å². The number of hydrogen-bond acceptors (Lipinski definition) is 7. The molecular weight excluding hydrogens is 282 g/mol. The van der Waals surface area contributed by atoms with E-state index in [2.05, 4.69) is 30.4 Å². The van der Waals surface area contributed by atoms with Gasteiger partial charge in [0.05, 0.1) is 5.60 Å². The maximum atomic E-state index is 10.3. The van der Waals surface area contributed by atoms with E-state index < -0.39 is 5.60 Å². The molecule has 3 rings (SSSR count). The second kappa shape index (κ2) is 5.29. The molecule has 1 aliphatic rings. The first-order valence-corrected chi connectivity index (χ1v) is 6.75. The molecule has 1 fully saturated rings. The van der Waals surface area contributed by atoms with Gasteiger partial charge in [-0.15, -0.1) is 0 Å². The number of halogens is 1. The van der Waals surface area contributed by atoms with E-state index in [0.717, 1.165) is 25.7 Å². The number of rotatable bonds is 4. The molecule has 1 aliphatic carbocycles. The van der Waals surface area contributed by atoms with E-state index in [1.54, 1.807) is 0 Å². The van der Waals surface area contributed by atoms with E-state index >= 15 is 0 Å². The molecule has 2 heterocycles. The zero-order valence-corrected chi connectivity index (χ0v) is 11.5. The van der Waals surface area contributed by atoms with Crippen molar-refractivity contribution in [3.05, 3.63) is 17.9 Å². The Labute approximate surface area is 120 Å². The first kappa shape index (κ1) is 13.2. The minimum absolute atomic E-state index is 0.0615. The van der Waals surface area contributed by atoms with Gasteiger partial charge in [0, 0.05) is 6.54 Å². The summed E-state index contributed by atoms with van der Waals surface area (Å²) in [4.78, 5) is 16.0. The summed E-state index contributed by atoms with van der Waals surface area (Å²) >= 11 is 5.87. The number of nitrogens with zero attached hydrogens (tertiary/aromatic N) is 6. The lowest BCUT2D eigenvalue weighted by Crippen LogP contribution is -2.34. The van der Waals surface area contributed by atoms with Gasteiger partial charge in [-0.3, -0.25) is 0 Å². The summed E-state index contributed by atoms with van der Waals surface area (Å²) < 4.78 is 1.39. The van der Waals surface area contributed by atoms with Crippen molar-refractivity contribution >= 4 is 17.5 Å². The summed E-state index contributed by atoms with van der Waals surface area (Å²) in [7, 11) is 0. The fourth-order valence-corrected chi connectivity index (χ4v) is 2.44. The molecule has 2 aromatic heterocycles. The first-order valence-electron chi connectivity index (χ1n) is 6.37. The standard InChI is InChI=1S/C11H14ClN7O/c12-8-16-9(14-5-11(20)3-1-2-4-11)18-10(17-8)19-7-13-6-15-19/h6-7,20H,1-5H2,(H,14,16,17,18). The van der Waals surface area contributed by atoms with Gasteiger partial charge in [-0.1, -0.05) is 12.8 Å². The van der Waals surface area contributed by atoms with Gasteiger partial charge in [0.25, 0.3) is 5.95 Å². The summed E-state index contributed by atoms with van der Waals surface area (Å²) in [6, 6.07) is 0. The van der Waals surface area contributed by atoms with Crippen molar-refractivity contribution in [2.24, 2.45) is 0 Å². The van der Waals surface area contributed by atoms with Crippen LogP contribution in [0.2, 0.25) is 5.28 Å². The SMILES string of the molecule is OC1(CNc2nc(Cl)nc(-n3cncn3)n2)CCCC1. The number of hydrogen-bond donors (Lipinski definition) is 2. The molecule has 0 amide bonds. The third kappa shape index (κ3) is 2.86. The van der Waals surface area contributed by atoms with Gasteiger partial charge in [-0.25, -0.2) is 4.98 Å². The molecule has 106 valence electrons. The van der Waals surface area contributed by atoms with E-state index in [1.807, 2.05) is 0 Å². The van der Waals surface area contributed by atoms with Crippen LogP contribution in [0.5, 0.6) is 0 Å². The molecule has 2 N–H and O–H groups in total. The monoisotopic (exact) mass is 295 g/mol. The Balaban J connectivity index is 1.76. The molecule has 0 bridgehead atoms. The van der Waals surface area contributed by atoms with Crippen molar-refractivity contribution < 1.29 is 5.11 Å². The molecule has 0 atom stereocenters. The molecule has 0 saturated heterocycles. The van der Waals surface area contributed by atoms with Gasteiger partial charge >= 0.3 is 0 Å². The van der Waals surface area contributed by atoms with Crippen molar-refractivity contribution in [2.75, 3.05) is 11.9 Å². The Hall–Kier alpha value is -1.80. The van der Waals surface area contributed by atoms with Crippen molar-refractivity contribution in [1.29, 1.82) is 0 Å². The molecule has 0 unspecified atom stereocenters. The van der Waals surface area contributed by atoms with E-state index in [0.29, 0.717) is 12.5 Å². The second-order valence-corrected chi connectivity index (χ2v) is 5.19. The Morgan fingerprint density at radius 3 is 2.80 bits per heavy atom. The molecule has 9 heteroatoms. The molecule has 2 aromatic rings. The maximum absolute atomic E-state index is 10.3. The average Bonchev–Trinajstić information content (AvgIpc) is 3.08. The van der Waals surface area contributed by atoms with Crippen LogP contribution in [0.4, 0.5) is 5.95 Å². The lowest BCUT2D eigenvalue weighted by molar-refractivity contribution is 0.0613. The highest BCUT2D eigenvalue weighted by Crippen LogP contribution is 2.29. The smallest absolute Gasteiger partial charge is 0.258 e. The normalized spacial score (nSPS) is 17.3. The van der Waals surface area contributed by atoms with Gasteiger partial charge < -0.3 is 10.4 Å². The fraction of sp³-hybridized carbons (Fsp3) is 0.545.